The van der Waals surface area contributed by atoms with Crippen molar-refractivity contribution in [2.45, 2.75) is 0 Å². The van der Waals surface area contributed by atoms with Crippen LogP contribution in [0.3, 0.4) is 0 Å². The van der Waals surface area contributed by atoms with E-state index >= 15 is 0 Å². The molecule has 2 aromatic carbocycles. The first-order valence-corrected chi connectivity index (χ1v) is 10.1. The molecular weight excluding hydrogens is 416 g/mol. The van der Waals surface area contributed by atoms with Crippen molar-refractivity contribution >= 4 is 34.2 Å². The van der Waals surface area contributed by atoms with Crippen LogP contribution in [0.25, 0.3) is 16.5 Å². The van der Waals surface area contributed by atoms with E-state index < -0.39 is 11.8 Å². The van der Waals surface area contributed by atoms with Crippen molar-refractivity contribution in [3.63, 3.8) is 0 Å². The summed E-state index contributed by atoms with van der Waals surface area (Å²) < 4.78 is 15.9. The fraction of sp³-hybridized carbons (Fsp3) is 0.130. The van der Waals surface area contributed by atoms with E-state index in [1.807, 2.05) is 30.3 Å². The molecule has 0 spiro atoms. The molecule has 2 amide bonds. The van der Waals surface area contributed by atoms with Crippen molar-refractivity contribution < 1.29 is 23.8 Å². The Morgan fingerprint density at radius 3 is 2.16 bits per heavy atom. The minimum Gasteiger partial charge on any atom is -0.493 e. The summed E-state index contributed by atoms with van der Waals surface area (Å²) in [5.41, 5.74) is 7.37. The Labute approximate surface area is 184 Å². The molecule has 0 fully saturated rings. The molecule has 0 aliphatic carbocycles. The van der Waals surface area contributed by atoms with Gasteiger partial charge in [-0.2, -0.15) is 0 Å². The zero-order valence-corrected chi connectivity index (χ0v) is 18.1. The highest BCUT2D eigenvalue weighted by Gasteiger charge is 2.16. The van der Waals surface area contributed by atoms with Crippen LogP contribution in [0.2, 0.25) is 0 Å². The van der Waals surface area contributed by atoms with E-state index in [1.165, 1.54) is 38.7 Å². The van der Waals surface area contributed by atoms with Gasteiger partial charge in [0.2, 0.25) is 11.7 Å². The Bertz CT molecular complexity index is 1100. The lowest BCUT2D eigenvalue weighted by molar-refractivity contribution is -0.111. The van der Waals surface area contributed by atoms with Crippen molar-refractivity contribution in [1.29, 1.82) is 0 Å². The zero-order valence-electron chi connectivity index (χ0n) is 17.3. The standard InChI is InChI=1S/C23H22N2O5S/c1-28-17-11-14(12-18(29-2)21(17)30-3)9-10-20(26)25-23-16(22(24)27)13-19(31-23)15-7-5-4-6-8-15/h4-13H,1-3H3,(H2,24,27)(H,25,26)/b10-9+. The number of hydrogen-bond acceptors (Lipinski definition) is 6. The van der Waals surface area contributed by atoms with Gasteiger partial charge in [-0.1, -0.05) is 30.3 Å². The smallest absolute Gasteiger partial charge is 0.251 e. The van der Waals surface area contributed by atoms with Crippen LogP contribution in [0, 0.1) is 0 Å². The van der Waals surface area contributed by atoms with Crippen molar-refractivity contribution in [3.05, 3.63) is 65.7 Å². The van der Waals surface area contributed by atoms with E-state index in [0.717, 1.165) is 10.4 Å². The lowest BCUT2D eigenvalue weighted by Crippen LogP contribution is -2.14. The Morgan fingerprint density at radius 1 is 0.968 bits per heavy atom. The molecule has 7 nitrogen and oxygen atoms in total. The van der Waals surface area contributed by atoms with E-state index in [9.17, 15) is 9.59 Å². The molecule has 0 atom stereocenters. The fourth-order valence-electron chi connectivity index (χ4n) is 2.93. The number of methoxy groups -OCH3 is 3. The SMILES string of the molecule is COc1cc(/C=C/C(=O)Nc2sc(-c3ccccc3)cc2C(N)=O)cc(OC)c1OC. The van der Waals surface area contributed by atoms with Crippen molar-refractivity contribution in [3.8, 4) is 27.7 Å². The topological polar surface area (TPSA) is 99.9 Å². The van der Waals surface area contributed by atoms with Gasteiger partial charge in [-0.25, -0.2) is 0 Å². The minimum absolute atomic E-state index is 0.262. The highest BCUT2D eigenvalue weighted by Crippen LogP contribution is 2.38. The molecule has 0 radical (unpaired) electrons. The first-order chi connectivity index (χ1) is 15.0. The molecule has 1 aromatic heterocycles. The molecule has 0 unspecified atom stereocenters. The molecule has 0 aliphatic rings. The highest BCUT2D eigenvalue weighted by atomic mass is 32.1. The molecule has 160 valence electrons. The van der Waals surface area contributed by atoms with E-state index in [2.05, 4.69) is 5.32 Å². The summed E-state index contributed by atoms with van der Waals surface area (Å²) >= 11 is 1.28. The molecule has 3 aromatic rings. The number of anilines is 1. The maximum Gasteiger partial charge on any atom is 0.251 e. The fourth-order valence-corrected chi connectivity index (χ4v) is 4.01. The maximum absolute atomic E-state index is 12.5. The summed E-state index contributed by atoms with van der Waals surface area (Å²) in [7, 11) is 4.55. The largest absolute Gasteiger partial charge is 0.493 e. The first-order valence-electron chi connectivity index (χ1n) is 9.25. The Morgan fingerprint density at radius 2 is 1.61 bits per heavy atom. The van der Waals surface area contributed by atoms with Crippen LogP contribution in [0.15, 0.2) is 54.6 Å². The van der Waals surface area contributed by atoms with Gasteiger partial charge >= 0.3 is 0 Å². The molecular formula is C23H22N2O5S. The summed E-state index contributed by atoms with van der Waals surface area (Å²) in [6.45, 7) is 0. The molecule has 8 heteroatoms. The second-order valence-electron chi connectivity index (χ2n) is 6.36. The number of rotatable bonds is 8. The molecule has 3 rings (SSSR count). The predicted molar refractivity (Wildman–Crippen MR) is 122 cm³/mol. The van der Waals surface area contributed by atoms with Gasteiger partial charge in [0, 0.05) is 11.0 Å². The van der Waals surface area contributed by atoms with Crippen molar-refractivity contribution in [2.75, 3.05) is 26.6 Å². The van der Waals surface area contributed by atoms with Crippen LogP contribution in [0.5, 0.6) is 17.2 Å². The van der Waals surface area contributed by atoms with Gasteiger partial charge in [0.05, 0.1) is 26.9 Å². The number of benzene rings is 2. The normalized spacial score (nSPS) is 10.7. The Hall–Kier alpha value is -3.78. The monoisotopic (exact) mass is 438 g/mol. The molecule has 0 aliphatic heterocycles. The van der Waals surface area contributed by atoms with Gasteiger partial charge in [-0.3, -0.25) is 9.59 Å². The number of amides is 2. The Kier molecular flexibility index (Phi) is 6.94. The molecule has 1 heterocycles. The van der Waals surface area contributed by atoms with Crippen molar-refractivity contribution in [1.82, 2.24) is 0 Å². The number of nitrogens with two attached hydrogens (primary N) is 1. The molecule has 0 bridgehead atoms. The van der Waals surface area contributed by atoms with Gasteiger partial charge in [-0.05, 0) is 35.4 Å². The van der Waals surface area contributed by atoms with Gasteiger partial charge in [-0.15, -0.1) is 11.3 Å². The molecule has 3 N–H and O–H groups in total. The van der Waals surface area contributed by atoms with E-state index in [1.54, 1.807) is 24.3 Å². The quantitative estimate of drug-likeness (QED) is 0.514. The van der Waals surface area contributed by atoms with Gasteiger partial charge < -0.3 is 25.3 Å². The predicted octanol–water partition coefficient (Wildman–Crippen LogP) is 4.19. The van der Waals surface area contributed by atoms with Crippen LogP contribution in [0.4, 0.5) is 5.00 Å². The van der Waals surface area contributed by atoms with E-state index in [-0.39, 0.29) is 5.56 Å². The average molecular weight is 439 g/mol. The third-order valence-corrected chi connectivity index (χ3v) is 5.51. The van der Waals surface area contributed by atoms with E-state index in [4.69, 9.17) is 19.9 Å². The number of carbonyl (C=O) groups is 2. The van der Waals surface area contributed by atoms with Crippen LogP contribution in [-0.2, 0) is 4.79 Å². The van der Waals surface area contributed by atoms with Gasteiger partial charge in [0.15, 0.2) is 11.5 Å². The summed E-state index contributed by atoms with van der Waals surface area (Å²) in [6, 6.07) is 14.7. The number of thiophene rings is 1. The molecule has 0 saturated carbocycles. The average Bonchev–Trinajstić information content (AvgIpc) is 3.21. The van der Waals surface area contributed by atoms with Gasteiger partial charge in [0.25, 0.3) is 5.91 Å². The molecule has 31 heavy (non-hydrogen) atoms. The third-order valence-electron chi connectivity index (χ3n) is 4.41. The molecule has 0 saturated heterocycles. The summed E-state index contributed by atoms with van der Waals surface area (Å²) in [5, 5.41) is 3.13. The van der Waals surface area contributed by atoms with Crippen LogP contribution in [0.1, 0.15) is 15.9 Å². The number of nitrogens with one attached hydrogen (secondary N) is 1. The number of hydrogen-bond donors (Lipinski definition) is 2. The number of carbonyl (C=O) groups excluding carboxylic acids is 2. The second kappa shape index (κ2) is 9.82. The van der Waals surface area contributed by atoms with Crippen LogP contribution >= 0.6 is 11.3 Å². The van der Waals surface area contributed by atoms with Crippen molar-refractivity contribution in [2.24, 2.45) is 5.73 Å². The Balaban J connectivity index is 1.83. The van der Waals surface area contributed by atoms with Gasteiger partial charge in [0.1, 0.15) is 5.00 Å². The third kappa shape index (κ3) is 5.04. The summed E-state index contributed by atoms with van der Waals surface area (Å²) in [5.74, 6) is 0.400. The first kappa shape index (κ1) is 21.9. The highest BCUT2D eigenvalue weighted by molar-refractivity contribution is 7.20. The lowest BCUT2D eigenvalue weighted by Gasteiger charge is -2.12. The van der Waals surface area contributed by atoms with Crippen LogP contribution in [-0.4, -0.2) is 33.1 Å². The number of ether oxygens (including phenoxy) is 3. The lowest BCUT2D eigenvalue weighted by atomic mass is 10.1. The minimum atomic E-state index is -0.609. The summed E-state index contributed by atoms with van der Waals surface area (Å²) in [6.07, 6.45) is 2.96. The number of primary amides is 1. The zero-order chi connectivity index (χ0) is 22.4. The van der Waals surface area contributed by atoms with Crippen LogP contribution < -0.4 is 25.3 Å². The van der Waals surface area contributed by atoms with E-state index in [0.29, 0.717) is 27.8 Å². The maximum atomic E-state index is 12.5. The second-order valence-corrected chi connectivity index (χ2v) is 7.42. The summed E-state index contributed by atoms with van der Waals surface area (Å²) in [4.78, 5) is 25.2.